The van der Waals surface area contributed by atoms with Crippen molar-refractivity contribution in [1.29, 1.82) is 0 Å². The average molecular weight is 329 g/mol. The molecule has 122 valence electrons. The van der Waals surface area contributed by atoms with Crippen molar-refractivity contribution in [3.05, 3.63) is 65.2 Å². The van der Waals surface area contributed by atoms with Crippen LogP contribution in [0.1, 0.15) is 23.6 Å². The molecule has 23 heavy (non-hydrogen) atoms. The molecular formula is C19H26N3S+. The number of hydrogen-bond donors (Lipinski definition) is 3. The molecule has 2 rings (SSSR count). The summed E-state index contributed by atoms with van der Waals surface area (Å²) in [5, 5.41) is 7.30. The number of quaternary nitrogens is 1. The standard InChI is InChI=1S/C19H25N3S/c1-4-15-9-7-8-12-18(15)21-19(23)20-13-16-10-5-6-11-17(16)14-22(2)3/h5-12H,4,13-14H2,1-3H3,(H2,20,21,23)/p+1. The summed E-state index contributed by atoms with van der Waals surface area (Å²) in [5.41, 5.74) is 5.00. The molecule has 0 unspecified atom stereocenters. The predicted molar refractivity (Wildman–Crippen MR) is 102 cm³/mol. The lowest BCUT2D eigenvalue weighted by Gasteiger charge is -2.15. The summed E-state index contributed by atoms with van der Waals surface area (Å²) in [6.07, 6.45) is 0.986. The zero-order valence-corrected chi connectivity index (χ0v) is 15.0. The van der Waals surface area contributed by atoms with E-state index in [0.717, 1.165) is 25.2 Å². The SMILES string of the molecule is CCc1ccccc1NC(=S)NCc1ccccc1C[NH+](C)C. The molecule has 0 spiro atoms. The van der Waals surface area contributed by atoms with E-state index in [1.807, 2.05) is 6.07 Å². The molecular weight excluding hydrogens is 302 g/mol. The summed E-state index contributed by atoms with van der Waals surface area (Å²) >= 11 is 5.45. The van der Waals surface area contributed by atoms with E-state index in [-0.39, 0.29) is 0 Å². The summed E-state index contributed by atoms with van der Waals surface area (Å²) in [4.78, 5) is 1.41. The van der Waals surface area contributed by atoms with E-state index >= 15 is 0 Å². The molecule has 0 bridgehead atoms. The lowest BCUT2D eigenvalue weighted by atomic mass is 10.1. The molecule has 0 radical (unpaired) electrons. The molecule has 0 fully saturated rings. The van der Waals surface area contributed by atoms with Crippen molar-refractivity contribution in [3.8, 4) is 0 Å². The Balaban J connectivity index is 1.97. The van der Waals surface area contributed by atoms with Crippen LogP contribution in [-0.2, 0) is 19.5 Å². The average Bonchev–Trinajstić information content (AvgIpc) is 2.54. The fraction of sp³-hybridized carbons (Fsp3) is 0.316. The molecule has 0 atom stereocenters. The van der Waals surface area contributed by atoms with Crippen LogP contribution in [0.3, 0.4) is 0 Å². The maximum absolute atomic E-state index is 5.45. The summed E-state index contributed by atoms with van der Waals surface area (Å²) in [7, 11) is 4.33. The van der Waals surface area contributed by atoms with Gasteiger partial charge in [0.15, 0.2) is 5.11 Å². The van der Waals surface area contributed by atoms with Crippen molar-refractivity contribution in [2.75, 3.05) is 19.4 Å². The quantitative estimate of drug-likeness (QED) is 0.711. The number of para-hydroxylation sites is 1. The Morgan fingerprint density at radius 3 is 2.22 bits per heavy atom. The molecule has 2 aromatic rings. The number of anilines is 1. The molecule has 2 aromatic carbocycles. The van der Waals surface area contributed by atoms with Gasteiger partial charge in [-0.25, -0.2) is 0 Å². The smallest absolute Gasteiger partial charge is 0.171 e. The minimum absolute atomic E-state index is 0.665. The third kappa shape index (κ3) is 5.34. The second-order valence-corrected chi connectivity index (χ2v) is 6.38. The number of thiocarbonyl (C=S) groups is 1. The first kappa shape index (κ1) is 17.4. The van der Waals surface area contributed by atoms with Gasteiger partial charge in [-0.2, -0.15) is 0 Å². The largest absolute Gasteiger partial charge is 0.358 e. The highest BCUT2D eigenvalue weighted by Gasteiger charge is 2.06. The third-order valence-corrected chi connectivity index (χ3v) is 3.99. The van der Waals surface area contributed by atoms with Gasteiger partial charge in [-0.15, -0.1) is 0 Å². The van der Waals surface area contributed by atoms with Crippen molar-refractivity contribution < 1.29 is 4.90 Å². The first-order valence-electron chi connectivity index (χ1n) is 8.08. The molecule has 0 aromatic heterocycles. The van der Waals surface area contributed by atoms with Crippen molar-refractivity contribution >= 4 is 23.0 Å². The Bertz CT molecular complexity index is 653. The van der Waals surface area contributed by atoms with E-state index in [1.54, 1.807) is 0 Å². The number of rotatable bonds is 6. The van der Waals surface area contributed by atoms with Crippen LogP contribution in [0.5, 0.6) is 0 Å². The van der Waals surface area contributed by atoms with Crippen molar-refractivity contribution in [2.24, 2.45) is 0 Å². The van der Waals surface area contributed by atoms with E-state index in [9.17, 15) is 0 Å². The maximum atomic E-state index is 5.45. The zero-order valence-electron chi connectivity index (χ0n) is 14.1. The van der Waals surface area contributed by atoms with Crippen LogP contribution in [0, 0.1) is 0 Å². The highest BCUT2D eigenvalue weighted by atomic mass is 32.1. The van der Waals surface area contributed by atoms with Crippen LogP contribution in [0.15, 0.2) is 48.5 Å². The first-order valence-corrected chi connectivity index (χ1v) is 8.49. The van der Waals surface area contributed by atoms with Crippen LogP contribution >= 0.6 is 12.2 Å². The van der Waals surface area contributed by atoms with Gasteiger partial charge in [-0.1, -0.05) is 49.4 Å². The van der Waals surface area contributed by atoms with E-state index < -0.39 is 0 Å². The Morgan fingerprint density at radius 2 is 1.57 bits per heavy atom. The summed E-state index contributed by atoms with van der Waals surface area (Å²) < 4.78 is 0. The second kappa shape index (κ2) is 8.65. The van der Waals surface area contributed by atoms with E-state index in [0.29, 0.717) is 5.11 Å². The van der Waals surface area contributed by atoms with Gasteiger partial charge in [-0.3, -0.25) is 0 Å². The number of benzene rings is 2. The zero-order chi connectivity index (χ0) is 16.7. The number of hydrogen-bond acceptors (Lipinski definition) is 1. The van der Waals surface area contributed by atoms with Gasteiger partial charge in [0.25, 0.3) is 0 Å². The Morgan fingerprint density at radius 1 is 0.957 bits per heavy atom. The van der Waals surface area contributed by atoms with E-state index in [1.165, 1.54) is 21.6 Å². The number of nitrogens with one attached hydrogen (secondary N) is 3. The second-order valence-electron chi connectivity index (χ2n) is 5.97. The van der Waals surface area contributed by atoms with Crippen molar-refractivity contribution in [2.45, 2.75) is 26.4 Å². The van der Waals surface area contributed by atoms with Gasteiger partial charge in [-0.05, 0) is 35.8 Å². The summed E-state index contributed by atoms with van der Waals surface area (Å²) in [5.74, 6) is 0. The van der Waals surface area contributed by atoms with Crippen LogP contribution in [0.25, 0.3) is 0 Å². The van der Waals surface area contributed by atoms with E-state index in [2.05, 4.69) is 74.1 Å². The molecule has 0 heterocycles. The molecule has 0 aliphatic rings. The van der Waals surface area contributed by atoms with Gasteiger partial charge in [0.1, 0.15) is 6.54 Å². The maximum Gasteiger partial charge on any atom is 0.171 e. The summed E-state index contributed by atoms with van der Waals surface area (Å²) in [6, 6.07) is 16.8. The minimum Gasteiger partial charge on any atom is -0.358 e. The molecule has 0 aliphatic heterocycles. The van der Waals surface area contributed by atoms with Gasteiger partial charge in [0.05, 0.1) is 14.1 Å². The van der Waals surface area contributed by atoms with Gasteiger partial charge in [0, 0.05) is 17.8 Å². The van der Waals surface area contributed by atoms with Gasteiger partial charge in [0.2, 0.25) is 0 Å². The monoisotopic (exact) mass is 328 g/mol. The van der Waals surface area contributed by atoms with Crippen molar-refractivity contribution in [3.63, 3.8) is 0 Å². The van der Waals surface area contributed by atoms with E-state index in [4.69, 9.17) is 12.2 Å². The Kier molecular flexibility index (Phi) is 6.56. The van der Waals surface area contributed by atoms with Crippen molar-refractivity contribution in [1.82, 2.24) is 5.32 Å². The molecule has 0 saturated heterocycles. The fourth-order valence-corrected chi connectivity index (χ4v) is 2.76. The lowest BCUT2D eigenvalue weighted by Crippen LogP contribution is -3.04. The van der Waals surface area contributed by atoms with Crippen LogP contribution in [0.2, 0.25) is 0 Å². The van der Waals surface area contributed by atoms with Gasteiger partial charge >= 0.3 is 0 Å². The van der Waals surface area contributed by atoms with Crippen LogP contribution in [-0.4, -0.2) is 19.2 Å². The number of aryl methyl sites for hydroxylation is 1. The highest BCUT2D eigenvalue weighted by Crippen LogP contribution is 2.15. The molecule has 3 nitrogen and oxygen atoms in total. The Labute approximate surface area is 144 Å². The summed E-state index contributed by atoms with van der Waals surface area (Å²) in [6.45, 7) is 3.90. The highest BCUT2D eigenvalue weighted by molar-refractivity contribution is 7.80. The first-order chi connectivity index (χ1) is 11.1. The molecule has 4 heteroatoms. The lowest BCUT2D eigenvalue weighted by molar-refractivity contribution is -0.872. The predicted octanol–water partition coefficient (Wildman–Crippen LogP) is 2.38. The van der Waals surface area contributed by atoms with Crippen LogP contribution < -0.4 is 15.5 Å². The molecule has 0 amide bonds. The topological polar surface area (TPSA) is 28.5 Å². The normalized spacial score (nSPS) is 10.6. The fourth-order valence-electron chi connectivity index (χ4n) is 2.58. The Hall–Kier alpha value is -1.91. The molecule has 3 N–H and O–H groups in total. The minimum atomic E-state index is 0.665. The van der Waals surface area contributed by atoms with Crippen LogP contribution in [0.4, 0.5) is 5.69 Å². The van der Waals surface area contributed by atoms with Gasteiger partial charge < -0.3 is 15.5 Å². The molecule has 0 saturated carbocycles. The third-order valence-electron chi connectivity index (χ3n) is 3.75. The molecule has 0 aliphatic carbocycles.